The summed E-state index contributed by atoms with van der Waals surface area (Å²) in [7, 11) is 2.14. The average molecular weight is 295 g/mol. The van der Waals surface area contributed by atoms with E-state index in [-0.39, 0.29) is 5.82 Å². The molecule has 0 spiro atoms. The summed E-state index contributed by atoms with van der Waals surface area (Å²) in [6.45, 7) is 9.29. The van der Waals surface area contributed by atoms with Crippen LogP contribution in [0.15, 0.2) is 18.2 Å². The average Bonchev–Trinajstić information content (AvgIpc) is 2.49. The molecule has 1 aliphatic heterocycles. The fourth-order valence-electron chi connectivity index (χ4n) is 2.40. The predicted octanol–water partition coefficient (Wildman–Crippen LogP) is 1.56. The van der Waals surface area contributed by atoms with Gasteiger partial charge in [-0.1, -0.05) is 13.0 Å². The van der Waals surface area contributed by atoms with Crippen LogP contribution in [0.3, 0.4) is 0 Å². The lowest BCUT2D eigenvalue weighted by molar-refractivity contribution is 0.132. The summed E-state index contributed by atoms with van der Waals surface area (Å²) in [6.07, 6.45) is 0. The van der Waals surface area contributed by atoms with Crippen LogP contribution in [0.5, 0.6) is 5.75 Å². The van der Waals surface area contributed by atoms with E-state index in [4.69, 9.17) is 4.74 Å². The Balaban J connectivity index is 1.75. The molecular weight excluding hydrogens is 269 g/mol. The summed E-state index contributed by atoms with van der Waals surface area (Å²) in [5.41, 5.74) is 0.945. The maximum absolute atomic E-state index is 13.9. The van der Waals surface area contributed by atoms with Crippen LogP contribution in [0.25, 0.3) is 0 Å². The lowest BCUT2D eigenvalue weighted by Gasteiger charge is -2.32. The van der Waals surface area contributed by atoms with Crippen LogP contribution in [0, 0.1) is 5.82 Å². The SMILES string of the molecule is CCNCc1ccc(OCCN2CCN(C)CC2)c(F)c1. The second kappa shape index (κ2) is 8.32. The van der Waals surface area contributed by atoms with Crippen molar-refractivity contribution in [1.82, 2.24) is 15.1 Å². The first-order valence-electron chi connectivity index (χ1n) is 7.72. The zero-order valence-corrected chi connectivity index (χ0v) is 13.1. The molecule has 1 aromatic carbocycles. The highest BCUT2D eigenvalue weighted by Gasteiger charge is 2.13. The zero-order chi connectivity index (χ0) is 15.1. The van der Waals surface area contributed by atoms with Gasteiger partial charge in [0.2, 0.25) is 0 Å². The standard InChI is InChI=1S/C16H26FN3O/c1-3-18-13-14-4-5-16(15(17)12-14)21-11-10-20-8-6-19(2)7-9-20/h4-5,12,18H,3,6-11,13H2,1-2H3. The predicted molar refractivity (Wildman–Crippen MR) is 83.2 cm³/mol. The molecule has 0 saturated carbocycles. The molecule has 4 nitrogen and oxygen atoms in total. The normalized spacial score (nSPS) is 17.1. The van der Waals surface area contributed by atoms with Crippen LogP contribution in [0.4, 0.5) is 4.39 Å². The fraction of sp³-hybridized carbons (Fsp3) is 0.625. The monoisotopic (exact) mass is 295 g/mol. The summed E-state index contributed by atoms with van der Waals surface area (Å²) >= 11 is 0. The van der Waals surface area contributed by atoms with Crippen molar-refractivity contribution in [2.75, 3.05) is 52.9 Å². The Kier molecular flexibility index (Phi) is 6.42. The number of piperazine rings is 1. The van der Waals surface area contributed by atoms with Crippen molar-refractivity contribution in [2.24, 2.45) is 0 Å². The third kappa shape index (κ3) is 5.26. The molecule has 21 heavy (non-hydrogen) atoms. The maximum atomic E-state index is 13.9. The van der Waals surface area contributed by atoms with Gasteiger partial charge >= 0.3 is 0 Å². The van der Waals surface area contributed by atoms with Crippen LogP contribution < -0.4 is 10.1 Å². The van der Waals surface area contributed by atoms with Crippen LogP contribution in [-0.4, -0.2) is 62.7 Å². The van der Waals surface area contributed by atoms with Gasteiger partial charge < -0.3 is 15.0 Å². The molecule has 1 saturated heterocycles. The van der Waals surface area contributed by atoms with Crippen molar-refractivity contribution >= 4 is 0 Å². The maximum Gasteiger partial charge on any atom is 0.165 e. The minimum absolute atomic E-state index is 0.274. The van der Waals surface area contributed by atoms with Crippen molar-refractivity contribution in [1.29, 1.82) is 0 Å². The Morgan fingerprint density at radius 3 is 2.67 bits per heavy atom. The van der Waals surface area contributed by atoms with E-state index in [1.807, 2.05) is 13.0 Å². The number of hydrogen-bond acceptors (Lipinski definition) is 4. The Hall–Kier alpha value is -1.17. The van der Waals surface area contributed by atoms with Gasteiger partial charge in [-0.25, -0.2) is 4.39 Å². The van der Waals surface area contributed by atoms with Crippen molar-refractivity contribution < 1.29 is 9.13 Å². The summed E-state index contributed by atoms with van der Waals surface area (Å²) in [5, 5.41) is 3.18. The molecule has 1 N–H and O–H groups in total. The van der Waals surface area contributed by atoms with Crippen molar-refractivity contribution in [3.8, 4) is 5.75 Å². The van der Waals surface area contributed by atoms with Gasteiger partial charge in [-0.3, -0.25) is 4.90 Å². The first-order valence-corrected chi connectivity index (χ1v) is 7.72. The Morgan fingerprint density at radius 2 is 2.00 bits per heavy atom. The molecule has 0 aromatic heterocycles. The number of nitrogens with zero attached hydrogens (tertiary/aromatic N) is 2. The lowest BCUT2D eigenvalue weighted by atomic mass is 10.2. The van der Waals surface area contributed by atoms with Gasteiger partial charge in [0.15, 0.2) is 11.6 Å². The first-order chi connectivity index (χ1) is 10.2. The van der Waals surface area contributed by atoms with Crippen LogP contribution in [-0.2, 0) is 6.54 Å². The van der Waals surface area contributed by atoms with E-state index < -0.39 is 0 Å². The van der Waals surface area contributed by atoms with E-state index in [9.17, 15) is 4.39 Å². The molecule has 0 bridgehead atoms. The van der Waals surface area contributed by atoms with Crippen LogP contribution in [0.2, 0.25) is 0 Å². The molecule has 0 aliphatic carbocycles. The molecule has 0 atom stereocenters. The lowest BCUT2D eigenvalue weighted by Crippen LogP contribution is -2.45. The quantitative estimate of drug-likeness (QED) is 0.826. The summed E-state index contributed by atoms with van der Waals surface area (Å²) in [5.74, 6) is 0.0770. The molecule has 0 radical (unpaired) electrons. The van der Waals surface area contributed by atoms with Gasteiger partial charge in [0.1, 0.15) is 6.61 Å². The van der Waals surface area contributed by atoms with Gasteiger partial charge in [-0.15, -0.1) is 0 Å². The molecule has 5 heteroatoms. The summed E-state index contributed by atoms with van der Waals surface area (Å²) in [6, 6.07) is 5.19. The number of halogens is 1. The van der Waals surface area contributed by atoms with E-state index in [0.29, 0.717) is 18.9 Å². The van der Waals surface area contributed by atoms with Crippen molar-refractivity contribution in [2.45, 2.75) is 13.5 Å². The molecule has 1 heterocycles. The highest BCUT2D eigenvalue weighted by atomic mass is 19.1. The van der Waals surface area contributed by atoms with E-state index in [1.165, 1.54) is 0 Å². The van der Waals surface area contributed by atoms with Gasteiger partial charge in [-0.2, -0.15) is 0 Å². The number of hydrogen-bond donors (Lipinski definition) is 1. The second-order valence-corrected chi connectivity index (χ2v) is 5.54. The summed E-state index contributed by atoms with van der Waals surface area (Å²) in [4.78, 5) is 4.68. The van der Waals surface area contributed by atoms with E-state index in [1.54, 1.807) is 12.1 Å². The van der Waals surface area contributed by atoms with E-state index >= 15 is 0 Å². The van der Waals surface area contributed by atoms with Gasteiger partial charge in [-0.05, 0) is 31.3 Å². The number of nitrogens with one attached hydrogen (secondary N) is 1. The van der Waals surface area contributed by atoms with E-state index in [2.05, 4.69) is 22.2 Å². The number of likely N-dealkylation sites (N-methyl/N-ethyl adjacent to an activating group) is 1. The Morgan fingerprint density at radius 1 is 1.24 bits per heavy atom. The molecule has 2 rings (SSSR count). The highest BCUT2D eigenvalue weighted by molar-refractivity contribution is 5.29. The smallest absolute Gasteiger partial charge is 0.165 e. The third-order valence-corrected chi connectivity index (χ3v) is 3.84. The second-order valence-electron chi connectivity index (χ2n) is 5.54. The Bertz CT molecular complexity index is 434. The summed E-state index contributed by atoms with van der Waals surface area (Å²) < 4.78 is 19.5. The van der Waals surface area contributed by atoms with Crippen LogP contribution in [0.1, 0.15) is 12.5 Å². The molecule has 1 fully saturated rings. The highest BCUT2D eigenvalue weighted by Crippen LogP contribution is 2.18. The van der Waals surface area contributed by atoms with Gasteiger partial charge in [0.25, 0.3) is 0 Å². The van der Waals surface area contributed by atoms with Gasteiger partial charge in [0, 0.05) is 39.3 Å². The molecule has 0 amide bonds. The minimum Gasteiger partial charge on any atom is -0.489 e. The zero-order valence-electron chi connectivity index (χ0n) is 13.1. The number of rotatable bonds is 7. The third-order valence-electron chi connectivity index (χ3n) is 3.84. The van der Waals surface area contributed by atoms with Crippen LogP contribution >= 0.6 is 0 Å². The largest absolute Gasteiger partial charge is 0.489 e. The molecule has 118 valence electrons. The Labute approximate surface area is 126 Å². The minimum atomic E-state index is -0.274. The van der Waals surface area contributed by atoms with Gasteiger partial charge in [0.05, 0.1) is 0 Å². The molecule has 1 aliphatic rings. The van der Waals surface area contributed by atoms with E-state index in [0.717, 1.165) is 44.8 Å². The molecule has 1 aromatic rings. The fourth-order valence-corrected chi connectivity index (χ4v) is 2.40. The molecular formula is C16H26FN3O. The number of benzene rings is 1. The number of ether oxygens (including phenoxy) is 1. The molecule has 0 unspecified atom stereocenters. The topological polar surface area (TPSA) is 27.7 Å². The van der Waals surface area contributed by atoms with Crippen molar-refractivity contribution in [3.05, 3.63) is 29.6 Å². The van der Waals surface area contributed by atoms with Crippen molar-refractivity contribution in [3.63, 3.8) is 0 Å². The first kappa shape index (κ1) is 16.2.